The van der Waals surface area contributed by atoms with E-state index in [2.05, 4.69) is 10.6 Å². The number of alkyl carbamates (subject to hydrolysis) is 1. The van der Waals surface area contributed by atoms with Crippen molar-refractivity contribution in [3.63, 3.8) is 0 Å². The maximum Gasteiger partial charge on any atom is 0.407 e. The summed E-state index contributed by atoms with van der Waals surface area (Å²) in [5.74, 6) is 0.535. The number of benzene rings is 1. The number of nitro benzene ring substituents is 1. The van der Waals surface area contributed by atoms with Crippen LogP contribution in [0, 0.1) is 10.1 Å². The van der Waals surface area contributed by atoms with Crippen LogP contribution in [0.5, 0.6) is 5.75 Å². The van der Waals surface area contributed by atoms with Crippen LogP contribution >= 0.6 is 0 Å². The number of carbonyl (C=O) groups is 1. The molecule has 1 heterocycles. The molecule has 1 aliphatic rings. The Bertz CT molecular complexity index is 520. The number of cyclic esters (lactones) is 1. The molecule has 108 valence electrons. The molecule has 0 aromatic heterocycles. The van der Waals surface area contributed by atoms with Crippen LogP contribution in [-0.2, 0) is 11.3 Å². The highest BCUT2D eigenvalue weighted by atomic mass is 16.6. The lowest BCUT2D eigenvalue weighted by molar-refractivity contribution is -0.384. The van der Waals surface area contributed by atoms with E-state index < -0.39 is 11.0 Å². The minimum Gasteiger partial charge on any atom is -0.489 e. The average Bonchev–Trinajstić information content (AvgIpc) is 2.83. The zero-order valence-electron chi connectivity index (χ0n) is 10.9. The van der Waals surface area contributed by atoms with Gasteiger partial charge in [0.1, 0.15) is 12.4 Å². The monoisotopic (exact) mass is 281 g/mol. The van der Waals surface area contributed by atoms with Gasteiger partial charge in [0, 0.05) is 24.2 Å². The predicted molar refractivity (Wildman–Crippen MR) is 69.6 cm³/mol. The maximum atomic E-state index is 10.9. The Hall–Kier alpha value is -2.35. The van der Waals surface area contributed by atoms with Crippen LogP contribution in [0.3, 0.4) is 0 Å². The van der Waals surface area contributed by atoms with E-state index in [0.717, 1.165) is 0 Å². The second kappa shape index (κ2) is 6.20. The molecule has 1 aromatic rings. The molecule has 0 saturated carbocycles. The summed E-state index contributed by atoms with van der Waals surface area (Å²) in [4.78, 5) is 21.2. The van der Waals surface area contributed by atoms with Gasteiger partial charge in [0.15, 0.2) is 6.10 Å². The Balaban J connectivity index is 2.05. The molecule has 1 fully saturated rings. The number of hydrogen-bond donors (Lipinski definition) is 2. The van der Waals surface area contributed by atoms with Crippen LogP contribution in [0.25, 0.3) is 0 Å². The quantitative estimate of drug-likeness (QED) is 0.590. The van der Waals surface area contributed by atoms with Gasteiger partial charge in [-0.15, -0.1) is 0 Å². The minimum atomic E-state index is -0.460. The van der Waals surface area contributed by atoms with Crippen LogP contribution in [0.4, 0.5) is 10.5 Å². The largest absolute Gasteiger partial charge is 0.489 e. The number of nitrogens with zero attached hydrogens (tertiary/aromatic N) is 1. The Labute approximate surface area is 115 Å². The highest BCUT2D eigenvalue weighted by Crippen LogP contribution is 2.24. The second-order valence-corrected chi connectivity index (χ2v) is 4.30. The number of amides is 1. The van der Waals surface area contributed by atoms with Gasteiger partial charge in [-0.3, -0.25) is 10.1 Å². The summed E-state index contributed by atoms with van der Waals surface area (Å²) in [6, 6.07) is 4.40. The minimum absolute atomic E-state index is 0.0107. The summed E-state index contributed by atoms with van der Waals surface area (Å²) in [5.41, 5.74) is 0.690. The van der Waals surface area contributed by atoms with E-state index in [1.54, 1.807) is 13.1 Å². The van der Waals surface area contributed by atoms with Gasteiger partial charge in [-0.25, -0.2) is 4.79 Å². The van der Waals surface area contributed by atoms with E-state index in [0.29, 0.717) is 24.4 Å². The van der Waals surface area contributed by atoms with Crippen molar-refractivity contribution in [1.29, 1.82) is 0 Å². The highest BCUT2D eigenvalue weighted by Gasteiger charge is 2.23. The van der Waals surface area contributed by atoms with Crippen LogP contribution < -0.4 is 15.4 Å². The van der Waals surface area contributed by atoms with Gasteiger partial charge >= 0.3 is 6.09 Å². The molecule has 1 unspecified atom stereocenters. The van der Waals surface area contributed by atoms with Gasteiger partial charge in [0.05, 0.1) is 11.5 Å². The van der Waals surface area contributed by atoms with Gasteiger partial charge in [-0.2, -0.15) is 0 Å². The first-order valence-corrected chi connectivity index (χ1v) is 6.09. The normalized spacial score (nSPS) is 17.4. The van der Waals surface area contributed by atoms with E-state index in [9.17, 15) is 14.9 Å². The third kappa shape index (κ3) is 3.35. The van der Waals surface area contributed by atoms with Crippen molar-refractivity contribution < 1.29 is 19.2 Å². The first-order valence-electron chi connectivity index (χ1n) is 6.09. The van der Waals surface area contributed by atoms with Crippen molar-refractivity contribution in [2.75, 3.05) is 20.2 Å². The molecule has 2 rings (SSSR count). The lowest BCUT2D eigenvalue weighted by Crippen LogP contribution is -2.22. The fourth-order valence-corrected chi connectivity index (χ4v) is 1.86. The molecule has 0 bridgehead atoms. The van der Waals surface area contributed by atoms with Crippen LogP contribution in [0.2, 0.25) is 0 Å². The van der Waals surface area contributed by atoms with Crippen molar-refractivity contribution in [1.82, 2.24) is 10.6 Å². The number of ether oxygens (including phenoxy) is 2. The van der Waals surface area contributed by atoms with Crippen LogP contribution in [0.15, 0.2) is 18.2 Å². The average molecular weight is 281 g/mol. The highest BCUT2D eigenvalue weighted by molar-refractivity contribution is 5.69. The number of hydrogen-bond acceptors (Lipinski definition) is 6. The van der Waals surface area contributed by atoms with E-state index in [1.165, 1.54) is 12.1 Å². The predicted octanol–water partition coefficient (Wildman–Crippen LogP) is 0.801. The molecular formula is C12H15N3O5. The standard InChI is InChI=1S/C12H15N3O5/c1-13-5-8-4-9(15(17)18)2-3-11(8)19-7-10-6-14-12(16)20-10/h2-4,10,13H,5-7H2,1H3,(H,14,16). The Kier molecular flexibility index (Phi) is 4.36. The summed E-state index contributed by atoms with van der Waals surface area (Å²) >= 11 is 0. The van der Waals surface area contributed by atoms with Crippen LogP contribution in [-0.4, -0.2) is 37.3 Å². The molecule has 20 heavy (non-hydrogen) atoms. The van der Waals surface area contributed by atoms with Gasteiger partial charge < -0.3 is 20.1 Å². The van der Waals surface area contributed by atoms with E-state index in [-0.39, 0.29) is 18.4 Å². The molecule has 1 saturated heterocycles. The van der Waals surface area contributed by atoms with E-state index in [1.807, 2.05) is 0 Å². The van der Waals surface area contributed by atoms with Crippen molar-refractivity contribution in [3.05, 3.63) is 33.9 Å². The van der Waals surface area contributed by atoms with Crippen LogP contribution in [0.1, 0.15) is 5.56 Å². The topological polar surface area (TPSA) is 103 Å². The van der Waals surface area contributed by atoms with E-state index >= 15 is 0 Å². The number of carbonyl (C=O) groups excluding carboxylic acids is 1. The molecule has 0 aliphatic carbocycles. The third-order valence-corrected chi connectivity index (χ3v) is 2.79. The summed E-state index contributed by atoms with van der Waals surface area (Å²) in [5, 5.41) is 16.2. The fourth-order valence-electron chi connectivity index (χ4n) is 1.86. The fraction of sp³-hybridized carbons (Fsp3) is 0.417. The lowest BCUT2D eigenvalue weighted by atomic mass is 10.1. The summed E-state index contributed by atoms with van der Waals surface area (Å²) in [6.07, 6.45) is -0.808. The zero-order valence-corrected chi connectivity index (χ0v) is 10.9. The lowest BCUT2D eigenvalue weighted by Gasteiger charge is -2.13. The number of non-ortho nitro benzene ring substituents is 1. The molecule has 0 radical (unpaired) electrons. The van der Waals surface area contributed by atoms with Gasteiger partial charge in [0.25, 0.3) is 5.69 Å². The van der Waals surface area contributed by atoms with E-state index in [4.69, 9.17) is 9.47 Å². The van der Waals surface area contributed by atoms with Crippen molar-refractivity contribution in [2.45, 2.75) is 12.6 Å². The molecule has 1 atom stereocenters. The third-order valence-electron chi connectivity index (χ3n) is 2.79. The Morgan fingerprint density at radius 1 is 1.60 bits per heavy atom. The molecular weight excluding hydrogens is 266 g/mol. The molecule has 1 amide bonds. The molecule has 2 N–H and O–H groups in total. The Morgan fingerprint density at radius 2 is 2.40 bits per heavy atom. The SMILES string of the molecule is CNCc1cc([N+](=O)[O-])ccc1OCC1CNC(=O)O1. The molecule has 1 aromatic carbocycles. The first kappa shape index (κ1) is 14.1. The summed E-state index contributed by atoms with van der Waals surface area (Å²) in [7, 11) is 1.74. The maximum absolute atomic E-state index is 10.9. The van der Waals surface area contributed by atoms with Gasteiger partial charge in [0.2, 0.25) is 0 Å². The van der Waals surface area contributed by atoms with Gasteiger partial charge in [-0.05, 0) is 13.1 Å². The smallest absolute Gasteiger partial charge is 0.407 e. The van der Waals surface area contributed by atoms with Crippen molar-refractivity contribution >= 4 is 11.8 Å². The molecule has 8 heteroatoms. The van der Waals surface area contributed by atoms with Gasteiger partial charge in [-0.1, -0.05) is 0 Å². The van der Waals surface area contributed by atoms with Crippen molar-refractivity contribution in [3.8, 4) is 5.75 Å². The first-order chi connectivity index (χ1) is 9.60. The second-order valence-electron chi connectivity index (χ2n) is 4.30. The molecule has 1 aliphatic heterocycles. The number of rotatable bonds is 6. The summed E-state index contributed by atoms with van der Waals surface area (Å²) in [6.45, 7) is 1.04. The Morgan fingerprint density at radius 3 is 3.00 bits per heavy atom. The zero-order chi connectivity index (χ0) is 14.5. The van der Waals surface area contributed by atoms with Crippen molar-refractivity contribution in [2.24, 2.45) is 0 Å². The molecule has 0 spiro atoms. The number of nitro groups is 1. The number of nitrogens with one attached hydrogen (secondary N) is 2. The summed E-state index contributed by atoms with van der Waals surface area (Å²) < 4.78 is 10.5. The molecule has 8 nitrogen and oxygen atoms in total.